The van der Waals surface area contributed by atoms with E-state index in [1.54, 1.807) is 0 Å². The first-order chi connectivity index (χ1) is 8.97. The average Bonchev–Trinajstić information content (AvgIpc) is 2.88. The van der Waals surface area contributed by atoms with Crippen molar-refractivity contribution in [3.8, 4) is 0 Å². The fourth-order valence-corrected chi connectivity index (χ4v) is 3.03. The molecule has 2 unspecified atom stereocenters. The van der Waals surface area contributed by atoms with E-state index in [9.17, 15) is 9.90 Å². The zero-order chi connectivity index (χ0) is 14.5. The number of carbonyl (C=O) groups is 1. The maximum Gasteiger partial charge on any atom is 0.227 e. The van der Waals surface area contributed by atoms with Crippen LogP contribution >= 0.6 is 0 Å². The van der Waals surface area contributed by atoms with Gasteiger partial charge in [0.05, 0.1) is 11.5 Å². The number of carbonyl (C=O) groups excluding carboxylic acids is 1. The quantitative estimate of drug-likeness (QED) is 0.657. The highest BCUT2D eigenvalue weighted by Crippen LogP contribution is 2.34. The van der Waals surface area contributed by atoms with Crippen molar-refractivity contribution in [2.75, 3.05) is 19.6 Å². The summed E-state index contributed by atoms with van der Waals surface area (Å²) in [6.07, 6.45) is 2.35. The second-order valence-corrected chi connectivity index (χ2v) is 6.09. The minimum absolute atomic E-state index is 0.0949. The molecule has 1 fully saturated rings. The fraction of sp³-hybridized carbons (Fsp3) is 0.933. The predicted octanol–water partition coefficient (Wildman–Crippen LogP) is 1.54. The number of aliphatic hydroxyl groups excluding tert-OH is 1. The third kappa shape index (κ3) is 3.69. The SMILES string of the molecule is CCC(CC)C(O)CNC(=O)C1(C(C)C)CCNC1. The van der Waals surface area contributed by atoms with Crippen LogP contribution in [0.2, 0.25) is 0 Å². The molecule has 3 N–H and O–H groups in total. The summed E-state index contributed by atoms with van der Waals surface area (Å²) >= 11 is 0. The van der Waals surface area contributed by atoms with Gasteiger partial charge in [0.25, 0.3) is 0 Å². The van der Waals surface area contributed by atoms with Gasteiger partial charge in [-0.15, -0.1) is 0 Å². The summed E-state index contributed by atoms with van der Waals surface area (Å²) in [5.74, 6) is 0.683. The minimum Gasteiger partial charge on any atom is -0.391 e. The third-order valence-electron chi connectivity index (χ3n) is 4.81. The first kappa shape index (κ1) is 16.4. The van der Waals surface area contributed by atoms with Crippen LogP contribution in [-0.4, -0.2) is 36.8 Å². The van der Waals surface area contributed by atoms with Crippen molar-refractivity contribution in [3.05, 3.63) is 0 Å². The standard InChI is InChI=1S/C15H30N2O2/c1-5-12(6-2)13(18)9-17-14(19)15(11(3)4)7-8-16-10-15/h11-13,16,18H,5-10H2,1-4H3,(H,17,19). The van der Waals surface area contributed by atoms with E-state index in [-0.39, 0.29) is 17.2 Å². The second-order valence-electron chi connectivity index (χ2n) is 6.09. The lowest BCUT2D eigenvalue weighted by atomic mass is 9.75. The van der Waals surface area contributed by atoms with E-state index in [4.69, 9.17) is 0 Å². The largest absolute Gasteiger partial charge is 0.391 e. The average molecular weight is 270 g/mol. The third-order valence-corrected chi connectivity index (χ3v) is 4.81. The lowest BCUT2D eigenvalue weighted by Gasteiger charge is -2.32. The molecule has 4 nitrogen and oxygen atoms in total. The summed E-state index contributed by atoms with van der Waals surface area (Å²) in [5, 5.41) is 16.3. The number of nitrogens with one attached hydrogen (secondary N) is 2. The van der Waals surface area contributed by atoms with E-state index in [1.807, 2.05) is 0 Å². The highest BCUT2D eigenvalue weighted by atomic mass is 16.3. The fourth-order valence-electron chi connectivity index (χ4n) is 3.03. The zero-order valence-electron chi connectivity index (χ0n) is 12.8. The molecule has 19 heavy (non-hydrogen) atoms. The monoisotopic (exact) mass is 270 g/mol. The molecule has 2 atom stereocenters. The van der Waals surface area contributed by atoms with Gasteiger partial charge >= 0.3 is 0 Å². The Labute approximate surface area is 117 Å². The van der Waals surface area contributed by atoms with Crippen molar-refractivity contribution in [1.82, 2.24) is 10.6 Å². The zero-order valence-corrected chi connectivity index (χ0v) is 12.8. The number of rotatable bonds is 7. The Morgan fingerprint density at radius 3 is 2.42 bits per heavy atom. The van der Waals surface area contributed by atoms with E-state index < -0.39 is 6.10 Å². The highest BCUT2D eigenvalue weighted by molar-refractivity contribution is 5.83. The molecule has 1 aliphatic rings. The van der Waals surface area contributed by atoms with E-state index in [0.29, 0.717) is 12.5 Å². The number of hydrogen-bond acceptors (Lipinski definition) is 3. The topological polar surface area (TPSA) is 61.4 Å². The smallest absolute Gasteiger partial charge is 0.227 e. The summed E-state index contributed by atoms with van der Waals surface area (Å²) < 4.78 is 0. The molecule has 1 aliphatic heterocycles. The Bertz CT molecular complexity index is 282. The first-order valence-corrected chi connectivity index (χ1v) is 7.65. The molecule has 0 radical (unpaired) electrons. The lowest BCUT2D eigenvalue weighted by molar-refractivity contribution is -0.133. The van der Waals surface area contributed by atoms with E-state index in [2.05, 4.69) is 38.3 Å². The van der Waals surface area contributed by atoms with Crippen LogP contribution in [0.5, 0.6) is 0 Å². The molecular formula is C15H30N2O2. The summed E-state index contributed by atoms with van der Waals surface area (Å²) in [5.41, 5.74) is -0.298. The van der Waals surface area contributed by atoms with Crippen LogP contribution in [0.3, 0.4) is 0 Å². The van der Waals surface area contributed by atoms with Gasteiger partial charge in [-0.05, 0) is 24.8 Å². The van der Waals surface area contributed by atoms with Crippen LogP contribution in [0.4, 0.5) is 0 Å². The molecule has 4 heteroatoms. The van der Waals surface area contributed by atoms with E-state index in [0.717, 1.165) is 32.4 Å². The molecule has 0 aromatic carbocycles. The van der Waals surface area contributed by atoms with Crippen molar-refractivity contribution < 1.29 is 9.90 Å². The molecular weight excluding hydrogens is 240 g/mol. The molecule has 0 bridgehead atoms. The van der Waals surface area contributed by atoms with Gasteiger partial charge in [0.1, 0.15) is 0 Å². The molecule has 1 saturated heterocycles. The molecule has 0 saturated carbocycles. The maximum absolute atomic E-state index is 12.5. The number of hydrogen-bond donors (Lipinski definition) is 3. The van der Waals surface area contributed by atoms with E-state index >= 15 is 0 Å². The Morgan fingerprint density at radius 1 is 1.37 bits per heavy atom. The van der Waals surface area contributed by atoms with Crippen LogP contribution in [0, 0.1) is 17.3 Å². The van der Waals surface area contributed by atoms with Crippen molar-refractivity contribution >= 4 is 5.91 Å². The van der Waals surface area contributed by atoms with Crippen molar-refractivity contribution in [3.63, 3.8) is 0 Å². The Balaban J connectivity index is 2.54. The predicted molar refractivity (Wildman–Crippen MR) is 77.8 cm³/mol. The summed E-state index contributed by atoms with van der Waals surface area (Å²) in [7, 11) is 0. The second kappa shape index (κ2) is 7.25. The maximum atomic E-state index is 12.5. The van der Waals surface area contributed by atoms with Crippen LogP contribution in [0.25, 0.3) is 0 Å². The summed E-state index contributed by atoms with van der Waals surface area (Å²) in [6, 6.07) is 0. The Kier molecular flexibility index (Phi) is 6.27. The van der Waals surface area contributed by atoms with Gasteiger partial charge in [0, 0.05) is 13.1 Å². The summed E-state index contributed by atoms with van der Waals surface area (Å²) in [6.45, 7) is 10.4. The van der Waals surface area contributed by atoms with E-state index in [1.165, 1.54) is 0 Å². The van der Waals surface area contributed by atoms with Crippen LogP contribution in [0.15, 0.2) is 0 Å². The molecule has 1 rings (SSSR count). The Morgan fingerprint density at radius 2 is 2.00 bits per heavy atom. The van der Waals surface area contributed by atoms with Gasteiger partial charge in [-0.25, -0.2) is 0 Å². The van der Waals surface area contributed by atoms with Crippen molar-refractivity contribution in [2.45, 2.75) is 53.1 Å². The van der Waals surface area contributed by atoms with Crippen LogP contribution in [-0.2, 0) is 4.79 Å². The van der Waals surface area contributed by atoms with Gasteiger partial charge in [-0.2, -0.15) is 0 Å². The molecule has 0 aromatic rings. The van der Waals surface area contributed by atoms with Gasteiger partial charge in [-0.1, -0.05) is 40.5 Å². The molecule has 1 heterocycles. The van der Waals surface area contributed by atoms with Crippen molar-refractivity contribution in [2.24, 2.45) is 17.3 Å². The highest BCUT2D eigenvalue weighted by Gasteiger charge is 2.43. The lowest BCUT2D eigenvalue weighted by Crippen LogP contribution is -2.48. The molecule has 0 aromatic heterocycles. The molecule has 112 valence electrons. The summed E-state index contributed by atoms with van der Waals surface area (Å²) in [4.78, 5) is 12.5. The molecule has 1 amide bonds. The van der Waals surface area contributed by atoms with Crippen LogP contribution < -0.4 is 10.6 Å². The normalized spacial score (nSPS) is 25.0. The van der Waals surface area contributed by atoms with Gasteiger partial charge < -0.3 is 15.7 Å². The molecule has 0 spiro atoms. The van der Waals surface area contributed by atoms with Gasteiger partial charge in [0.15, 0.2) is 0 Å². The van der Waals surface area contributed by atoms with Gasteiger partial charge in [0.2, 0.25) is 5.91 Å². The number of amides is 1. The Hall–Kier alpha value is -0.610. The van der Waals surface area contributed by atoms with Crippen LogP contribution in [0.1, 0.15) is 47.0 Å². The first-order valence-electron chi connectivity index (χ1n) is 7.65. The van der Waals surface area contributed by atoms with Crippen molar-refractivity contribution in [1.29, 1.82) is 0 Å². The van der Waals surface area contributed by atoms with Gasteiger partial charge in [-0.3, -0.25) is 4.79 Å². The minimum atomic E-state index is -0.433. The molecule has 0 aliphatic carbocycles. The number of aliphatic hydroxyl groups is 1.